The molecule has 1 aliphatic rings. The zero-order valence-electron chi connectivity index (χ0n) is 10.3. The van der Waals surface area contributed by atoms with Crippen molar-refractivity contribution in [2.75, 3.05) is 13.7 Å². The molecule has 1 aromatic carbocycles. The number of benzene rings is 1. The van der Waals surface area contributed by atoms with Crippen LogP contribution >= 0.6 is 0 Å². The lowest BCUT2D eigenvalue weighted by molar-refractivity contribution is 0.407. The van der Waals surface area contributed by atoms with Gasteiger partial charge in [-0.15, -0.1) is 0 Å². The van der Waals surface area contributed by atoms with E-state index < -0.39 is 0 Å². The van der Waals surface area contributed by atoms with Crippen molar-refractivity contribution in [1.82, 2.24) is 5.32 Å². The van der Waals surface area contributed by atoms with Crippen molar-refractivity contribution in [2.45, 2.75) is 38.6 Å². The first-order chi connectivity index (χ1) is 7.85. The molecule has 0 heterocycles. The van der Waals surface area contributed by atoms with E-state index in [2.05, 4.69) is 30.4 Å². The van der Waals surface area contributed by atoms with Gasteiger partial charge >= 0.3 is 0 Å². The van der Waals surface area contributed by atoms with E-state index >= 15 is 0 Å². The fourth-order valence-electron chi connectivity index (χ4n) is 2.01. The molecule has 0 bridgehead atoms. The molecule has 2 nitrogen and oxygen atoms in total. The lowest BCUT2D eigenvalue weighted by atomic mass is 10.1. The van der Waals surface area contributed by atoms with Gasteiger partial charge in [-0.3, -0.25) is 0 Å². The largest absolute Gasteiger partial charge is 0.496 e. The van der Waals surface area contributed by atoms with Crippen molar-refractivity contribution >= 4 is 0 Å². The van der Waals surface area contributed by atoms with Crippen molar-refractivity contribution in [1.29, 1.82) is 0 Å². The zero-order valence-corrected chi connectivity index (χ0v) is 10.3. The summed E-state index contributed by atoms with van der Waals surface area (Å²) in [6.45, 7) is 4.17. The average molecular weight is 219 g/mol. The standard InChI is InChI=1S/C14H21NO/c1-3-8-15-10-13-9-12(11-4-5-11)6-7-14(13)16-2/h6-7,9,11,15H,3-5,8,10H2,1-2H3. The molecule has 1 saturated carbocycles. The summed E-state index contributed by atoms with van der Waals surface area (Å²) in [5, 5.41) is 3.43. The van der Waals surface area contributed by atoms with Crippen LogP contribution in [0.25, 0.3) is 0 Å². The third kappa shape index (κ3) is 2.76. The summed E-state index contributed by atoms with van der Waals surface area (Å²) in [5.74, 6) is 1.82. The Kier molecular flexibility index (Phi) is 3.83. The van der Waals surface area contributed by atoms with Crippen LogP contribution in [0.5, 0.6) is 5.75 Å². The predicted molar refractivity (Wildman–Crippen MR) is 67.0 cm³/mol. The minimum atomic E-state index is 0.816. The Labute approximate surface area is 98.0 Å². The Morgan fingerprint density at radius 3 is 2.81 bits per heavy atom. The molecule has 1 fully saturated rings. The zero-order chi connectivity index (χ0) is 11.4. The molecule has 1 N–H and O–H groups in total. The van der Waals surface area contributed by atoms with Gasteiger partial charge in [0, 0.05) is 12.1 Å². The van der Waals surface area contributed by atoms with Crippen LogP contribution in [0, 0.1) is 0 Å². The Morgan fingerprint density at radius 2 is 2.19 bits per heavy atom. The molecule has 2 heteroatoms. The van der Waals surface area contributed by atoms with Crippen molar-refractivity contribution in [3.63, 3.8) is 0 Å². The number of ether oxygens (including phenoxy) is 1. The van der Waals surface area contributed by atoms with Crippen LogP contribution in [0.1, 0.15) is 43.2 Å². The molecule has 2 rings (SSSR count). The van der Waals surface area contributed by atoms with Crippen molar-refractivity contribution in [3.8, 4) is 5.75 Å². The second-order valence-corrected chi connectivity index (χ2v) is 4.52. The van der Waals surface area contributed by atoms with Gasteiger partial charge < -0.3 is 10.1 Å². The number of methoxy groups -OCH3 is 1. The van der Waals surface area contributed by atoms with Crippen molar-refractivity contribution in [3.05, 3.63) is 29.3 Å². The molecule has 0 saturated heterocycles. The highest BCUT2D eigenvalue weighted by Crippen LogP contribution is 2.41. The van der Waals surface area contributed by atoms with Gasteiger partial charge in [-0.1, -0.05) is 19.1 Å². The van der Waals surface area contributed by atoms with Gasteiger partial charge in [0.15, 0.2) is 0 Å². The molecule has 0 atom stereocenters. The normalized spacial score (nSPS) is 15.1. The van der Waals surface area contributed by atoms with Crippen molar-refractivity contribution < 1.29 is 4.74 Å². The van der Waals surface area contributed by atoms with Crippen LogP contribution in [-0.2, 0) is 6.54 Å². The SMILES string of the molecule is CCCNCc1cc(C2CC2)ccc1OC. The Balaban J connectivity index is 2.08. The molecule has 1 aliphatic carbocycles. The topological polar surface area (TPSA) is 21.3 Å². The quantitative estimate of drug-likeness (QED) is 0.742. The highest BCUT2D eigenvalue weighted by molar-refractivity contribution is 5.39. The highest BCUT2D eigenvalue weighted by Gasteiger charge is 2.24. The van der Waals surface area contributed by atoms with Gasteiger partial charge in [-0.25, -0.2) is 0 Å². The lowest BCUT2D eigenvalue weighted by Gasteiger charge is -2.11. The minimum absolute atomic E-state index is 0.816. The Hall–Kier alpha value is -1.02. The van der Waals surface area contributed by atoms with E-state index in [9.17, 15) is 0 Å². The fourth-order valence-corrected chi connectivity index (χ4v) is 2.01. The molecule has 16 heavy (non-hydrogen) atoms. The molecular weight excluding hydrogens is 198 g/mol. The molecular formula is C14H21NO. The van der Waals surface area contributed by atoms with Gasteiger partial charge in [0.2, 0.25) is 0 Å². The monoisotopic (exact) mass is 219 g/mol. The molecule has 0 spiro atoms. The Morgan fingerprint density at radius 1 is 1.38 bits per heavy atom. The summed E-state index contributed by atoms with van der Waals surface area (Å²) in [6, 6.07) is 6.62. The fraction of sp³-hybridized carbons (Fsp3) is 0.571. The number of nitrogens with one attached hydrogen (secondary N) is 1. The van der Waals surface area contributed by atoms with Crippen LogP contribution in [0.4, 0.5) is 0 Å². The summed E-state index contributed by atoms with van der Waals surface area (Å²) in [6.07, 6.45) is 3.88. The first kappa shape index (κ1) is 11.5. The van der Waals surface area contributed by atoms with Crippen LogP contribution in [0.2, 0.25) is 0 Å². The van der Waals surface area contributed by atoms with Crippen LogP contribution in [-0.4, -0.2) is 13.7 Å². The number of hydrogen-bond acceptors (Lipinski definition) is 2. The lowest BCUT2D eigenvalue weighted by Crippen LogP contribution is -2.14. The number of hydrogen-bond donors (Lipinski definition) is 1. The summed E-state index contributed by atoms with van der Waals surface area (Å²) in [5.41, 5.74) is 2.77. The van der Waals surface area contributed by atoms with Crippen LogP contribution < -0.4 is 10.1 Å². The predicted octanol–water partition coefficient (Wildman–Crippen LogP) is 3.07. The summed E-state index contributed by atoms with van der Waals surface area (Å²) >= 11 is 0. The van der Waals surface area contributed by atoms with Gasteiger partial charge in [0.1, 0.15) is 5.75 Å². The molecule has 88 valence electrons. The molecule has 1 aromatic rings. The minimum Gasteiger partial charge on any atom is -0.496 e. The third-order valence-electron chi connectivity index (χ3n) is 3.10. The van der Waals surface area contributed by atoms with E-state index in [-0.39, 0.29) is 0 Å². The Bertz CT molecular complexity index is 345. The van der Waals surface area contributed by atoms with Crippen LogP contribution in [0.3, 0.4) is 0 Å². The molecule has 0 amide bonds. The third-order valence-corrected chi connectivity index (χ3v) is 3.10. The first-order valence-electron chi connectivity index (χ1n) is 6.22. The van der Waals surface area contributed by atoms with E-state index in [1.54, 1.807) is 7.11 Å². The van der Waals surface area contributed by atoms with E-state index in [1.807, 2.05) is 0 Å². The second kappa shape index (κ2) is 5.35. The number of rotatable bonds is 6. The average Bonchev–Trinajstić information content (AvgIpc) is 3.13. The van der Waals surface area contributed by atoms with E-state index in [4.69, 9.17) is 4.74 Å². The molecule has 0 unspecified atom stereocenters. The van der Waals surface area contributed by atoms with Gasteiger partial charge in [0.25, 0.3) is 0 Å². The maximum Gasteiger partial charge on any atom is 0.123 e. The van der Waals surface area contributed by atoms with Gasteiger partial charge in [-0.05, 0) is 43.4 Å². The molecule has 0 radical (unpaired) electrons. The molecule has 0 aliphatic heterocycles. The molecule has 0 aromatic heterocycles. The van der Waals surface area contributed by atoms with Gasteiger partial charge in [0.05, 0.1) is 7.11 Å². The summed E-state index contributed by atoms with van der Waals surface area (Å²) in [7, 11) is 1.75. The van der Waals surface area contributed by atoms with E-state index in [0.29, 0.717) is 0 Å². The summed E-state index contributed by atoms with van der Waals surface area (Å²) < 4.78 is 5.39. The van der Waals surface area contributed by atoms with Gasteiger partial charge in [-0.2, -0.15) is 0 Å². The first-order valence-corrected chi connectivity index (χ1v) is 6.22. The summed E-state index contributed by atoms with van der Waals surface area (Å²) in [4.78, 5) is 0. The highest BCUT2D eigenvalue weighted by atomic mass is 16.5. The second-order valence-electron chi connectivity index (χ2n) is 4.52. The van der Waals surface area contributed by atoms with Crippen molar-refractivity contribution in [2.24, 2.45) is 0 Å². The maximum atomic E-state index is 5.39. The van der Waals surface area contributed by atoms with E-state index in [0.717, 1.165) is 24.8 Å². The van der Waals surface area contributed by atoms with E-state index in [1.165, 1.54) is 30.4 Å². The van der Waals surface area contributed by atoms with Crippen LogP contribution in [0.15, 0.2) is 18.2 Å². The maximum absolute atomic E-state index is 5.39. The smallest absolute Gasteiger partial charge is 0.123 e.